The normalized spacial score (nSPS) is 19.8. The highest BCUT2D eigenvalue weighted by molar-refractivity contribution is 7.90. The first-order chi connectivity index (χ1) is 18.3. The first-order valence-electron chi connectivity index (χ1n) is 12.4. The second-order valence-corrected chi connectivity index (χ2v) is 11.4. The molecule has 3 heterocycles. The number of carbonyl (C=O) groups is 1. The van der Waals surface area contributed by atoms with Crippen LogP contribution in [-0.2, 0) is 19.3 Å². The summed E-state index contributed by atoms with van der Waals surface area (Å²) in [5.41, 5.74) is 1.72. The third-order valence-corrected chi connectivity index (χ3v) is 7.60. The Morgan fingerprint density at radius 2 is 1.71 bits per heavy atom. The van der Waals surface area contributed by atoms with Gasteiger partial charge in [-0.15, -0.1) is 0 Å². The minimum Gasteiger partial charge on any atom is -0.379 e. The quantitative estimate of drug-likeness (QED) is 0.485. The second-order valence-electron chi connectivity index (χ2n) is 9.40. The Bertz CT molecular complexity index is 1410. The van der Waals surface area contributed by atoms with Gasteiger partial charge in [-0.3, -0.25) is 0 Å². The maximum atomic E-state index is 12.5. The van der Waals surface area contributed by atoms with E-state index >= 15 is 0 Å². The number of amides is 2. The average Bonchev–Trinajstić information content (AvgIpc) is 3.41. The van der Waals surface area contributed by atoms with Gasteiger partial charge in [0.25, 0.3) is 0 Å². The number of nitrogens with one attached hydrogen (secondary N) is 2. The molecule has 11 nitrogen and oxygen atoms in total. The van der Waals surface area contributed by atoms with Crippen molar-refractivity contribution in [1.29, 1.82) is 0 Å². The van der Waals surface area contributed by atoms with Crippen molar-refractivity contribution in [2.24, 2.45) is 0 Å². The second kappa shape index (κ2) is 11.0. The fourth-order valence-electron chi connectivity index (χ4n) is 4.45. The van der Waals surface area contributed by atoms with E-state index in [0.29, 0.717) is 61.6 Å². The number of hydrogen-bond acceptors (Lipinski definition) is 9. The predicted octanol–water partition coefficient (Wildman–Crippen LogP) is 2.74. The Kier molecular flexibility index (Phi) is 7.54. The summed E-state index contributed by atoms with van der Waals surface area (Å²) >= 11 is 0. The van der Waals surface area contributed by atoms with Gasteiger partial charge in [-0.05, 0) is 49.7 Å². The van der Waals surface area contributed by atoms with Crippen molar-refractivity contribution in [1.82, 2.24) is 20.3 Å². The van der Waals surface area contributed by atoms with Crippen LogP contribution in [0.2, 0.25) is 0 Å². The van der Waals surface area contributed by atoms with Gasteiger partial charge < -0.3 is 25.0 Å². The molecule has 2 saturated heterocycles. The molecule has 2 N–H and O–H groups in total. The smallest absolute Gasteiger partial charge is 0.319 e. The number of rotatable bonds is 6. The first-order valence-corrected chi connectivity index (χ1v) is 14.3. The van der Waals surface area contributed by atoms with Crippen molar-refractivity contribution in [3.8, 4) is 22.8 Å². The van der Waals surface area contributed by atoms with Gasteiger partial charge in [0.1, 0.15) is 0 Å². The molecule has 2 fully saturated rings. The lowest BCUT2D eigenvalue weighted by atomic mass is 10.1. The van der Waals surface area contributed by atoms with Crippen LogP contribution < -0.4 is 15.5 Å². The van der Waals surface area contributed by atoms with E-state index in [9.17, 15) is 13.2 Å². The van der Waals surface area contributed by atoms with Gasteiger partial charge in [0.05, 0.1) is 36.8 Å². The van der Waals surface area contributed by atoms with Crippen LogP contribution in [0.25, 0.3) is 22.8 Å². The number of nitrogens with zero attached hydrogens (tertiary/aromatic N) is 4. The number of sulfone groups is 1. The zero-order chi connectivity index (χ0) is 26.7. The highest BCUT2D eigenvalue weighted by atomic mass is 32.2. The van der Waals surface area contributed by atoms with Crippen LogP contribution in [0.1, 0.15) is 13.3 Å². The zero-order valence-corrected chi connectivity index (χ0v) is 22.1. The minimum absolute atomic E-state index is 0.00808. The third-order valence-electron chi connectivity index (χ3n) is 6.44. The molecule has 2 aliphatic rings. The van der Waals surface area contributed by atoms with E-state index in [-0.39, 0.29) is 28.8 Å². The maximum absolute atomic E-state index is 12.5. The number of urea groups is 1. The van der Waals surface area contributed by atoms with Gasteiger partial charge in [-0.1, -0.05) is 12.1 Å². The Morgan fingerprint density at radius 1 is 0.974 bits per heavy atom. The average molecular weight is 539 g/mol. The number of anilines is 2. The van der Waals surface area contributed by atoms with Crippen LogP contribution in [0, 0.1) is 0 Å². The van der Waals surface area contributed by atoms with E-state index in [1.165, 1.54) is 6.26 Å². The summed E-state index contributed by atoms with van der Waals surface area (Å²) in [4.78, 5) is 28.6. The third kappa shape index (κ3) is 5.93. The molecule has 2 amide bonds. The largest absolute Gasteiger partial charge is 0.379 e. The lowest BCUT2D eigenvalue weighted by Gasteiger charge is -2.33. The molecule has 0 aliphatic carbocycles. The van der Waals surface area contributed by atoms with Crippen LogP contribution in [0.3, 0.4) is 0 Å². The standard InChI is InChI=1S/C26H30N6O5S/c1-17-15-37-14-12-32(17)25-30-23(29-24(31-25)21-5-3-4-6-22(21)38(2,34)35)18-7-9-19(10-8-18)27-26(33)28-20-11-13-36-16-20/h3-10,17,20H,11-16H2,1-2H3,(H2,27,28,33). The van der Waals surface area contributed by atoms with Crippen LogP contribution in [0.5, 0.6) is 0 Å². The van der Waals surface area contributed by atoms with E-state index in [4.69, 9.17) is 19.4 Å². The maximum Gasteiger partial charge on any atom is 0.319 e. The Hall–Kier alpha value is -3.61. The molecule has 200 valence electrons. The van der Waals surface area contributed by atoms with Crippen LogP contribution in [0.15, 0.2) is 53.4 Å². The molecule has 0 bridgehead atoms. The molecular formula is C26H30N6O5S. The number of ether oxygens (including phenoxy) is 2. The van der Waals surface area contributed by atoms with Crippen molar-refractivity contribution in [3.63, 3.8) is 0 Å². The fourth-order valence-corrected chi connectivity index (χ4v) is 5.33. The molecule has 1 aromatic heterocycles. The Morgan fingerprint density at radius 3 is 2.42 bits per heavy atom. The summed E-state index contributed by atoms with van der Waals surface area (Å²) in [6.45, 7) is 4.85. The van der Waals surface area contributed by atoms with Gasteiger partial charge in [-0.2, -0.15) is 9.97 Å². The summed E-state index contributed by atoms with van der Waals surface area (Å²) in [6.07, 6.45) is 1.96. The van der Waals surface area contributed by atoms with E-state index < -0.39 is 9.84 Å². The van der Waals surface area contributed by atoms with Crippen molar-refractivity contribution in [3.05, 3.63) is 48.5 Å². The lowest BCUT2D eigenvalue weighted by Crippen LogP contribution is -2.44. The molecule has 3 aromatic rings. The number of carbonyl (C=O) groups excluding carboxylic acids is 1. The van der Waals surface area contributed by atoms with Crippen molar-refractivity contribution >= 4 is 27.5 Å². The number of morpholine rings is 1. The van der Waals surface area contributed by atoms with E-state index in [1.807, 2.05) is 24.0 Å². The predicted molar refractivity (Wildman–Crippen MR) is 143 cm³/mol. The molecule has 2 aliphatic heterocycles. The highest BCUT2D eigenvalue weighted by Crippen LogP contribution is 2.29. The Balaban J connectivity index is 1.48. The first kappa shape index (κ1) is 26.0. The van der Waals surface area contributed by atoms with E-state index in [1.54, 1.807) is 36.4 Å². The minimum atomic E-state index is -3.52. The van der Waals surface area contributed by atoms with Gasteiger partial charge in [0.2, 0.25) is 5.95 Å². The van der Waals surface area contributed by atoms with Crippen LogP contribution in [-0.4, -0.2) is 80.7 Å². The molecule has 2 aromatic carbocycles. The van der Waals surface area contributed by atoms with Crippen LogP contribution in [0.4, 0.5) is 16.4 Å². The van der Waals surface area contributed by atoms with Crippen molar-refractivity contribution in [2.45, 2.75) is 30.3 Å². The molecule has 2 atom stereocenters. The van der Waals surface area contributed by atoms with Gasteiger partial charge in [0, 0.05) is 36.2 Å². The topological polar surface area (TPSA) is 136 Å². The van der Waals surface area contributed by atoms with E-state index in [0.717, 1.165) is 6.42 Å². The number of benzene rings is 2. The summed E-state index contributed by atoms with van der Waals surface area (Å²) in [5.74, 6) is 1.11. The van der Waals surface area contributed by atoms with Crippen LogP contribution >= 0.6 is 0 Å². The summed E-state index contributed by atoms with van der Waals surface area (Å²) < 4.78 is 35.9. The SMILES string of the molecule is CC1COCCN1c1nc(-c2ccc(NC(=O)NC3CCOC3)cc2)nc(-c2ccccc2S(C)(=O)=O)n1. The Labute approximate surface area is 221 Å². The number of aromatic nitrogens is 3. The molecular weight excluding hydrogens is 508 g/mol. The van der Waals surface area contributed by atoms with Crippen molar-refractivity contribution in [2.75, 3.05) is 49.4 Å². The summed E-state index contributed by atoms with van der Waals surface area (Å²) in [7, 11) is -3.52. The summed E-state index contributed by atoms with van der Waals surface area (Å²) in [6, 6.07) is 13.6. The molecule has 12 heteroatoms. The molecule has 38 heavy (non-hydrogen) atoms. The molecule has 0 radical (unpaired) electrons. The fraction of sp³-hybridized carbons (Fsp3) is 0.385. The molecule has 5 rings (SSSR count). The van der Waals surface area contributed by atoms with Gasteiger partial charge in [0.15, 0.2) is 21.5 Å². The molecule has 0 saturated carbocycles. The molecule has 0 spiro atoms. The van der Waals surface area contributed by atoms with Gasteiger partial charge in [-0.25, -0.2) is 18.2 Å². The van der Waals surface area contributed by atoms with Gasteiger partial charge >= 0.3 is 6.03 Å². The highest BCUT2D eigenvalue weighted by Gasteiger charge is 2.25. The zero-order valence-electron chi connectivity index (χ0n) is 21.3. The lowest BCUT2D eigenvalue weighted by molar-refractivity contribution is 0.0981. The van der Waals surface area contributed by atoms with E-state index in [2.05, 4.69) is 15.6 Å². The monoisotopic (exact) mass is 538 g/mol. The number of hydrogen-bond donors (Lipinski definition) is 2. The molecule has 2 unspecified atom stereocenters. The van der Waals surface area contributed by atoms with Crippen molar-refractivity contribution < 1.29 is 22.7 Å². The summed E-state index contributed by atoms with van der Waals surface area (Å²) in [5, 5.41) is 5.72.